The van der Waals surface area contributed by atoms with Gasteiger partial charge in [-0.3, -0.25) is 14.5 Å². The Morgan fingerprint density at radius 3 is 2.27 bits per heavy atom. The summed E-state index contributed by atoms with van der Waals surface area (Å²) in [5.41, 5.74) is 2.21. The topological polar surface area (TPSA) is 58.6 Å². The largest absolute Gasteiger partial charge is 0.497 e. The lowest BCUT2D eigenvalue weighted by Gasteiger charge is -2.14. The van der Waals surface area contributed by atoms with E-state index >= 15 is 0 Å². The molecule has 1 heterocycles. The van der Waals surface area contributed by atoms with E-state index in [1.807, 2.05) is 49.4 Å². The molecule has 1 aliphatic heterocycles. The maximum absolute atomic E-state index is 12.9. The second-order valence-electron chi connectivity index (χ2n) is 6.09. The normalized spacial score (nSPS) is 14.2. The standard InChI is InChI=1S/C21H22N2O3/c1-3-4-14-23-20(24)18(15-8-6-5-7-9-15)19(21(23)25)22-16-10-12-17(26-2)13-11-16/h5-13,22H,3-4,14H2,1-2H3. The van der Waals surface area contributed by atoms with Crippen LogP contribution in [-0.4, -0.2) is 30.4 Å². The Morgan fingerprint density at radius 1 is 0.962 bits per heavy atom. The van der Waals surface area contributed by atoms with Crippen molar-refractivity contribution < 1.29 is 14.3 Å². The van der Waals surface area contributed by atoms with Gasteiger partial charge in [0.15, 0.2) is 0 Å². The highest BCUT2D eigenvalue weighted by atomic mass is 16.5. The van der Waals surface area contributed by atoms with E-state index in [4.69, 9.17) is 4.74 Å². The van der Waals surface area contributed by atoms with Crippen LogP contribution < -0.4 is 10.1 Å². The fraction of sp³-hybridized carbons (Fsp3) is 0.238. The first-order chi connectivity index (χ1) is 12.7. The van der Waals surface area contributed by atoms with Crippen molar-refractivity contribution in [1.29, 1.82) is 0 Å². The monoisotopic (exact) mass is 350 g/mol. The Hall–Kier alpha value is -3.08. The molecule has 0 spiro atoms. The number of rotatable bonds is 7. The lowest BCUT2D eigenvalue weighted by Crippen LogP contribution is -2.33. The van der Waals surface area contributed by atoms with E-state index in [2.05, 4.69) is 5.32 Å². The number of hydrogen-bond acceptors (Lipinski definition) is 4. The molecular weight excluding hydrogens is 328 g/mol. The summed E-state index contributed by atoms with van der Waals surface area (Å²) in [6.45, 7) is 2.46. The van der Waals surface area contributed by atoms with Gasteiger partial charge in [0.05, 0.1) is 12.7 Å². The fourth-order valence-corrected chi connectivity index (χ4v) is 2.90. The summed E-state index contributed by atoms with van der Waals surface area (Å²) < 4.78 is 5.16. The van der Waals surface area contributed by atoms with Gasteiger partial charge < -0.3 is 10.1 Å². The minimum absolute atomic E-state index is 0.245. The molecule has 0 saturated heterocycles. The van der Waals surface area contributed by atoms with Gasteiger partial charge in [-0.2, -0.15) is 0 Å². The van der Waals surface area contributed by atoms with Crippen LogP contribution in [0.4, 0.5) is 5.69 Å². The van der Waals surface area contributed by atoms with Crippen LogP contribution in [0, 0.1) is 0 Å². The zero-order valence-corrected chi connectivity index (χ0v) is 15.0. The van der Waals surface area contributed by atoms with Crippen LogP contribution in [0.15, 0.2) is 60.3 Å². The van der Waals surface area contributed by atoms with Crippen molar-refractivity contribution in [3.8, 4) is 5.75 Å². The summed E-state index contributed by atoms with van der Waals surface area (Å²) in [6, 6.07) is 16.6. The number of anilines is 1. The van der Waals surface area contributed by atoms with E-state index in [-0.39, 0.29) is 11.8 Å². The van der Waals surface area contributed by atoms with Crippen LogP contribution in [0.25, 0.3) is 5.57 Å². The van der Waals surface area contributed by atoms with Crippen LogP contribution in [0.5, 0.6) is 5.75 Å². The molecule has 1 aliphatic rings. The maximum atomic E-state index is 12.9. The first-order valence-corrected chi connectivity index (χ1v) is 8.72. The van der Waals surface area contributed by atoms with Gasteiger partial charge in [0.25, 0.3) is 11.8 Å². The zero-order valence-electron chi connectivity index (χ0n) is 15.0. The first kappa shape index (κ1) is 17.7. The molecule has 0 aromatic heterocycles. The number of imide groups is 1. The number of hydrogen-bond donors (Lipinski definition) is 1. The van der Waals surface area contributed by atoms with Gasteiger partial charge in [0, 0.05) is 12.2 Å². The van der Waals surface area contributed by atoms with E-state index in [0.717, 1.165) is 29.8 Å². The SMILES string of the molecule is CCCCN1C(=O)C(Nc2ccc(OC)cc2)=C(c2ccccc2)C1=O. The Labute approximate surface area is 153 Å². The van der Waals surface area contributed by atoms with Crippen molar-refractivity contribution in [2.75, 3.05) is 19.0 Å². The Balaban J connectivity index is 1.98. The van der Waals surface area contributed by atoms with Crippen molar-refractivity contribution in [3.63, 3.8) is 0 Å². The summed E-state index contributed by atoms with van der Waals surface area (Å²) in [7, 11) is 1.60. The Kier molecular flexibility index (Phi) is 5.37. The molecule has 3 rings (SSSR count). The summed E-state index contributed by atoms with van der Waals surface area (Å²) in [5, 5.41) is 3.14. The molecule has 134 valence electrons. The van der Waals surface area contributed by atoms with Gasteiger partial charge >= 0.3 is 0 Å². The van der Waals surface area contributed by atoms with Gasteiger partial charge in [0.2, 0.25) is 0 Å². The van der Waals surface area contributed by atoms with Gasteiger partial charge in [-0.05, 0) is 36.2 Å². The van der Waals surface area contributed by atoms with Gasteiger partial charge in [0.1, 0.15) is 11.4 Å². The van der Waals surface area contributed by atoms with Crippen LogP contribution in [0.1, 0.15) is 25.3 Å². The van der Waals surface area contributed by atoms with E-state index in [9.17, 15) is 9.59 Å². The number of amides is 2. The molecule has 0 bridgehead atoms. The zero-order chi connectivity index (χ0) is 18.5. The number of unbranched alkanes of at least 4 members (excludes halogenated alkanes) is 1. The van der Waals surface area contributed by atoms with E-state index < -0.39 is 0 Å². The van der Waals surface area contributed by atoms with Crippen molar-refractivity contribution >= 4 is 23.1 Å². The number of carbonyl (C=O) groups is 2. The summed E-state index contributed by atoms with van der Waals surface area (Å²) in [6.07, 6.45) is 1.70. The molecule has 26 heavy (non-hydrogen) atoms. The number of methoxy groups -OCH3 is 1. The molecule has 0 aliphatic carbocycles. The first-order valence-electron chi connectivity index (χ1n) is 8.72. The second-order valence-corrected chi connectivity index (χ2v) is 6.09. The number of nitrogens with one attached hydrogen (secondary N) is 1. The Bertz CT molecular complexity index is 826. The molecule has 1 N–H and O–H groups in total. The van der Waals surface area contributed by atoms with Crippen molar-refractivity contribution in [2.45, 2.75) is 19.8 Å². The van der Waals surface area contributed by atoms with Crippen molar-refractivity contribution in [1.82, 2.24) is 4.90 Å². The lowest BCUT2D eigenvalue weighted by molar-refractivity contribution is -0.136. The predicted molar refractivity (Wildman–Crippen MR) is 102 cm³/mol. The third-order valence-corrected chi connectivity index (χ3v) is 4.33. The predicted octanol–water partition coefficient (Wildman–Crippen LogP) is 3.69. The Morgan fingerprint density at radius 2 is 1.65 bits per heavy atom. The number of ether oxygens (including phenoxy) is 1. The number of carbonyl (C=O) groups excluding carboxylic acids is 2. The molecule has 0 saturated carbocycles. The molecule has 2 aromatic rings. The summed E-state index contributed by atoms with van der Waals surface area (Å²) >= 11 is 0. The van der Waals surface area contributed by atoms with Crippen LogP contribution >= 0.6 is 0 Å². The quantitative estimate of drug-likeness (QED) is 0.774. The molecule has 2 aromatic carbocycles. The smallest absolute Gasteiger partial charge is 0.278 e. The van der Waals surface area contributed by atoms with E-state index in [1.165, 1.54) is 4.90 Å². The molecule has 0 unspecified atom stereocenters. The molecular formula is C21H22N2O3. The van der Waals surface area contributed by atoms with E-state index in [0.29, 0.717) is 17.8 Å². The highest BCUT2D eigenvalue weighted by molar-refractivity contribution is 6.36. The molecule has 2 amide bonds. The molecule has 0 atom stereocenters. The van der Waals surface area contributed by atoms with Crippen LogP contribution in [-0.2, 0) is 9.59 Å². The van der Waals surface area contributed by atoms with Gasteiger partial charge in [-0.1, -0.05) is 43.7 Å². The highest BCUT2D eigenvalue weighted by Crippen LogP contribution is 2.31. The third kappa shape index (κ3) is 3.47. The average molecular weight is 350 g/mol. The number of benzene rings is 2. The summed E-state index contributed by atoms with van der Waals surface area (Å²) in [5.74, 6) is 0.204. The van der Waals surface area contributed by atoms with Gasteiger partial charge in [-0.25, -0.2) is 0 Å². The van der Waals surface area contributed by atoms with Crippen molar-refractivity contribution in [2.24, 2.45) is 0 Å². The minimum Gasteiger partial charge on any atom is -0.497 e. The average Bonchev–Trinajstić information content (AvgIpc) is 2.91. The summed E-state index contributed by atoms with van der Waals surface area (Å²) in [4.78, 5) is 27.1. The third-order valence-electron chi connectivity index (χ3n) is 4.33. The minimum atomic E-state index is -0.280. The van der Waals surface area contributed by atoms with Crippen molar-refractivity contribution in [3.05, 3.63) is 65.9 Å². The maximum Gasteiger partial charge on any atom is 0.278 e. The van der Waals surface area contributed by atoms with E-state index in [1.54, 1.807) is 19.2 Å². The molecule has 5 nitrogen and oxygen atoms in total. The van der Waals surface area contributed by atoms with Crippen LogP contribution in [0.2, 0.25) is 0 Å². The molecule has 0 fully saturated rings. The fourth-order valence-electron chi connectivity index (χ4n) is 2.90. The molecule has 0 radical (unpaired) electrons. The molecule has 5 heteroatoms. The second kappa shape index (κ2) is 7.87. The highest BCUT2D eigenvalue weighted by Gasteiger charge is 2.38. The lowest BCUT2D eigenvalue weighted by atomic mass is 10.0. The number of nitrogens with zero attached hydrogens (tertiary/aromatic N) is 1. The van der Waals surface area contributed by atoms with Crippen LogP contribution in [0.3, 0.4) is 0 Å². The van der Waals surface area contributed by atoms with Gasteiger partial charge in [-0.15, -0.1) is 0 Å².